The minimum absolute atomic E-state index is 0.102. The van der Waals surface area contributed by atoms with Gasteiger partial charge in [-0.2, -0.15) is 0 Å². The van der Waals surface area contributed by atoms with Crippen molar-refractivity contribution in [3.05, 3.63) is 85.1 Å². The SMILES string of the molecule is CC/C=C\C/C=C\C/C=C\CCCCCCC(=O)OC(COC(=O)CCC/C=C\C/C=C\C/C=C\C/C=C\CCCCC)COC(=O)CCCCCCCCCCCCCCC. The zero-order chi connectivity index (χ0) is 45.1. The fraction of sp³-hybridized carbons (Fsp3) is 0.696. The Labute approximate surface area is 382 Å². The van der Waals surface area contributed by atoms with Crippen molar-refractivity contribution in [1.29, 1.82) is 0 Å². The van der Waals surface area contributed by atoms with E-state index in [4.69, 9.17) is 14.2 Å². The van der Waals surface area contributed by atoms with Gasteiger partial charge in [-0.15, -0.1) is 0 Å². The van der Waals surface area contributed by atoms with Gasteiger partial charge < -0.3 is 14.2 Å². The zero-order valence-corrected chi connectivity index (χ0v) is 40.4. The molecule has 0 aromatic rings. The summed E-state index contributed by atoms with van der Waals surface area (Å²) >= 11 is 0. The number of carbonyl (C=O) groups is 3. The lowest BCUT2D eigenvalue weighted by molar-refractivity contribution is -0.167. The van der Waals surface area contributed by atoms with E-state index < -0.39 is 6.10 Å². The average Bonchev–Trinajstić information content (AvgIpc) is 3.27. The molecular weight excluding hydrogens is 769 g/mol. The van der Waals surface area contributed by atoms with Crippen molar-refractivity contribution in [3.63, 3.8) is 0 Å². The molecule has 0 aromatic carbocycles. The van der Waals surface area contributed by atoms with E-state index in [0.717, 1.165) is 96.3 Å². The molecule has 0 spiro atoms. The molecule has 0 aliphatic carbocycles. The molecule has 0 saturated heterocycles. The molecule has 0 heterocycles. The average molecular weight is 863 g/mol. The minimum Gasteiger partial charge on any atom is -0.462 e. The van der Waals surface area contributed by atoms with Crippen LogP contribution in [0.1, 0.15) is 233 Å². The van der Waals surface area contributed by atoms with Crippen molar-refractivity contribution in [2.24, 2.45) is 0 Å². The van der Waals surface area contributed by atoms with Gasteiger partial charge in [0, 0.05) is 19.3 Å². The standard InChI is InChI=1S/C56H94O6/c1-4-7-10-13-16-19-22-25-27-28-29-32-34-37-40-43-46-49-55(58)61-52-53(51-60-54(57)48-45-42-39-36-33-30-24-21-18-15-12-9-6-3)62-56(59)50-47-44-41-38-35-31-26-23-20-17-14-11-8-5-2/h8,11,16-17,19-20,25-27,29,31-32,37,40,53H,4-7,9-10,12-15,18,21-24,28,30,33-36,38-39,41-52H2,1-3H3/b11-8-,19-16-,20-17-,27-25-,31-26-,32-29-,40-37-. The molecule has 0 saturated carbocycles. The van der Waals surface area contributed by atoms with Gasteiger partial charge in [0.25, 0.3) is 0 Å². The third-order valence-corrected chi connectivity index (χ3v) is 10.6. The van der Waals surface area contributed by atoms with Crippen molar-refractivity contribution in [2.45, 2.75) is 239 Å². The van der Waals surface area contributed by atoms with E-state index in [0.29, 0.717) is 19.3 Å². The maximum Gasteiger partial charge on any atom is 0.306 e. The maximum absolute atomic E-state index is 12.8. The first-order chi connectivity index (χ1) is 30.5. The molecular formula is C56H94O6. The first-order valence-electron chi connectivity index (χ1n) is 25.6. The van der Waals surface area contributed by atoms with Gasteiger partial charge in [-0.1, -0.05) is 209 Å². The highest BCUT2D eigenvalue weighted by Crippen LogP contribution is 2.14. The Morgan fingerprint density at radius 2 is 0.645 bits per heavy atom. The fourth-order valence-corrected chi connectivity index (χ4v) is 6.80. The van der Waals surface area contributed by atoms with Crippen LogP contribution in [0, 0.1) is 0 Å². The summed E-state index contributed by atoms with van der Waals surface area (Å²) in [7, 11) is 0. The monoisotopic (exact) mass is 863 g/mol. The van der Waals surface area contributed by atoms with Crippen molar-refractivity contribution in [2.75, 3.05) is 13.2 Å². The number of hydrogen-bond donors (Lipinski definition) is 0. The van der Waals surface area contributed by atoms with Gasteiger partial charge in [0.2, 0.25) is 0 Å². The summed E-state index contributed by atoms with van der Waals surface area (Å²) in [6.45, 7) is 6.42. The van der Waals surface area contributed by atoms with Gasteiger partial charge in [0.15, 0.2) is 6.10 Å². The van der Waals surface area contributed by atoms with Gasteiger partial charge in [0.1, 0.15) is 13.2 Å². The predicted octanol–water partition coefficient (Wildman–Crippen LogP) is 16.8. The smallest absolute Gasteiger partial charge is 0.306 e. The quantitative estimate of drug-likeness (QED) is 0.0263. The van der Waals surface area contributed by atoms with Crippen LogP contribution in [-0.2, 0) is 28.6 Å². The molecule has 354 valence electrons. The summed E-state index contributed by atoms with van der Waals surface area (Å²) in [6, 6.07) is 0. The van der Waals surface area contributed by atoms with Crippen molar-refractivity contribution in [1.82, 2.24) is 0 Å². The number of rotatable bonds is 45. The van der Waals surface area contributed by atoms with Crippen LogP contribution < -0.4 is 0 Å². The molecule has 0 rings (SSSR count). The summed E-state index contributed by atoms with van der Waals surface area (Å²) < 4.78 is 16.7. The van der Waals surface area contributed by atoms with Crippen LogP contribution in [0.4, 0.5) is 0 Å². The number of hydrogen-bond acceptors (Lipinski definition) is 6. The van der Waals surface area contributed by atoms with Crippen molar-refractivity contribution < 1.29 is 28.6 Å². The van der Waals surface area contributed by atoms with E-state index in [1.807, 2.05) is 0 Å². The molecule has 1 unspecified atom stereocenters. The Kier molecular flexibility index (Phi) is 47.5. The van der Waals surface area contributed by atoms with Gasteiger partial charge in [-0.25, -0.2) is 0 Å². The molecule has 0 aromatic heterocycles. The molecule has 0 fully saturated rings. The summed E-state index contributed by atoms with van der Waals surface area (Å²) in [6.07, 6.45) is 64.2. The summed E-state index contributed by atoms with van der Waals surface area (Å²) in [5.74, 6) is -0.984. The minimum atomic E-state index is -0.808. The summed E-state index contributed by atoms with van der Waals surface area (Å²) in [5.41, 5.74) is 0. The van der Waals surface area contributed by atoms with E-state index in [1.54, 1.807) is 0 Å². The highest BCUT2D eigenvalue weighted by molar-refractivity contribution is 5.71. The second-order valence-corrected chi connectivity index (χ2v) is 16.7. The van der Waals surface area contributed by atoms with Crippen LogP contribution in [0.25, 0.3) is 0 Å². The molecule has 6 heteroatoms. The number of unbranched alkanes of at least 4 members (excludes halogenated alkanes) is 20. The van der Waals surface area contributed by atoms with Crippen LogP contribution in [0.5, 0.6) is 0 Å². The molecule has 0 N–H and O–H groups in total. The zero-order valence-electron chi connectivity index (χ0n) is 40.4. The molecule has 0 radical (unpaired) electrons. The lowest BCUT2D eigenvalue weighted by Gasteiger charge is -2.18. The number of ether oxygens (including phenoxy) is 3. The Morgan fingerprint density at radius 1 is 0.339 bits per heavy atom. The highest BCUT2D eigenvalue weighted by Gasteiger charge is 2.19. The maximum atomic E-state index is 12.8. The fourth-order valence-electron chi connectivity index (χ4n) is 6.80. The van der Waals surface area contributed by atoms with Gasteiger partial charge in [-0.05, 0) is 89.9 Å². The number of allylic oxidation sites excluding steroid dienone is 14. The lowest BCUT2D eigenvalue weighted by atomic mass is 10.0. The van der Waals surface area contributed by atoms with Gasteiger partial charge in [-0.3, -0.25) is 14.4 Å². The number of esters is 3. The van der Waals surface area contributed by atoms with Crippen LogP contribution in [0.2, 0.25) is 0 Å². The van der Waals surface area contributed by atoms with E-state index in [1.165, 1.54) is 89.9 Å². The molecule has 1 atom stereocenters. The Balaban J connectivity index is 4.50. The predicted molar refractivity (Wildman–Crippen MR) is 265 cm³/mol. The first-order valence-corrected chi connectivity index (χ1v) is 25.6. The van der Waals surface area contributed by atoms with E-state index >= 15 is 0 Å². The molecule has 62 heavy (non-hydrogen) atoms. The van der Waals surface area contributed by atoms with Crippen molar-refractivity contribution >= 4 is 17.9 Å². The van der Waals surface area contributed by atoms with Crippen LogP contribution in [0.15, 0.2) is 85.1 Å². The summed E-state index contributed by atoms with van der Waals surface area (Å²) in [4.78, 5) is 37.9. The van der Waals surface area contributed by atoms with Crippen LogP contribution in [0.3, 0.4) is 0 Å². The van der Waals surface area contributed by atoms with Gasteiger partial charge >= 0.3 is 17.9 Å². The third kappa shape index (κ3) is 47.6. The Bertz CT molecular complexity index is 1220. The topological polar surface area (TPSA) is 78.9 Å². The van der Waals surface area contributed by atoms with E-state index in [9.17, 15) is 14.4 Å². The molecule has 0 amide bonds. The Morgan fingerprint density at radius 3 is 1.08 bits per heavy atom. The number of carbonyl (C=O) groups excluding carboxylic acids is 3. The molecule has 0 bridgehead atoms. The van der Waals surface area contributed by atoms with Crippen molar-refractivity contribution in [3.8, 4) is 0 Å². The normalized spacial score (nSPS) is 12.8. The van der Waals surface area contributed by atoms with E-state index in [-0.39, 0.29) is 37.5 Å². The van der Waals surface area contributed by atoms with Gasteiger partial charge in [0.05, 0.1) is 0 Å². The highest BCUT2D eigenvalue weighted by atomic mass is 16.6. The second kappa shape index (κ2) is 50.2. The third-order valence-electron chi connectivity index (χ3n) is 10.6. The molecule has 6 nitrogen and oxygen atoms in total. The van der Waals surface area contributed by atoms with Crippen LogP contribution in [-0.4, -0.2) is 37.2 Å². The second-order valence-electron chi connectivity index (χ2n) is 16.7. The molecule has 0 aliphatic rings. The molecule has 0 aliphatic heterocycles. The Hall–Kier alpha value is -3.41. The van der Waals surface area contributed by atoms with E-state index in [2.05, 4.69) is 106 Å². The lowest BCUT2D eigenvalue weighted by Crippen LogP contribution is -2.30. The van der Waals surface area contributed by atoms with Crippen LogP contribution >= 0.6 is 0 Å². The largest absolute Gasteiger partial charge is 0.462 e. The summed E-state index contributed by atoms with van der Waals surface area (Å²) in [5, 5.41) is 0. The first kappa shape index (κ1) is 58.6.